The van der Waals surface area contributed by atoms with Gasteiger partial charge in [-0.1, -0.05) is 0 Å². The first kappa shape index (κ1) is 29.8. The number of amides is 1. The van der Waals surface area contributed by atoms with E-state index in [1.807, 2.05) is 19.0 Å². The first-order chi connectivity index (χ1) is 19.1. The summed E-state index contributed by atoms with van der Waals surface area (Å²) in [6, 6.07) is 1.87. The molecular formula is C30H41BN4O5P. The molecule has 219 valence electrons. The molecule has 1 aromatic rings. The first-order valence-corrected chi connectivity index (χ1v) is 14.8. The molecule has 3 aliphatic carbocycles. The van der Waals surface area contributed by atoms with Crippen LogP contribution in [0.5, 0.6) is 5.75 Å². The second-order valence-electron chi connectivity index (χ2n) is 12.7. The molecule has 1 aromatic carbocycles. The number of allylic oxidation sites excluding steroid dienone is 1. The fourth-order valence-corrected chi connectivity index (χ4v) is 8.59. The zero-order valence-electron chi connectivity index (χ0n) is 24.7. The van der Waals surface area contributed by atoms with Gasteiger partial charge in [-0.05, 0) is 26.7 Å². The summed E-state index contributed by atoms with van der Waals surface area (Å²) in [6.45, 7) is 5.11. The van der Waals surface area contributed by atoms with Crippen molar-refractivity contribution in [2.75, 3.05) is 33.1 Å². The Morgan fingerprint density at radius 2 is 1.78 bits per heavy atom. The van der Waals surface area contributed by atoms with Crippen molar-refractivity contribution >= 4 is 45.3 Å². The molecule has 2 fully saturated rings. The van der Waals surface area contributed by atoms with E-state index >= 15 is 0 Å². The Labute approximate surface area is 245 Å². The summed E-state index contributed by atoms with van der Waals surface area (Å²) in [5.74, 6) is -2.83. The van der Waals surface area contributed by atoms with Gasteiger partial charge in [0.2, 0.25) is 0 Å². The Morgan fingerprint density at radius 3 is 2.32 bits per heavy atom. The van der Waals surface area contributed by atoms with Gasteiger partial charge in [-0.3, -0.25) is 0 Å². The number of phenolic OH excluding ortho intramolecular Hbond substituents is 1. The number of Topliss-reactive ketones (excluding diaryl/α,β-unsaturated/α-hetero) is 1. The van der Waals surface area contributed by atoms with E-state index in [0.29, 0.717) is 31.5 Å². The molecule has 5 N–H and O–H groups in total. The number of aliphatic hydroxyl groups is 2. The van der Waals surface area contributed by atoms with Gasteiger partial charge in [-0.25, -0.2) is 0 Å². The maximum absolute atomic E-state index is 14.4. The number of carbonyl (C=O) groups excluding carboxylic acids is 2. The number of primary amides is 1. The second-order valence-corrected chi connectivity index (χ2v) is 13.7. The summed E-state index contributed by atoms with van der Waals surface area (Å²) in [6.07, 6.45) is 3.07. The number of carbonyl (C=O) groups is 2. The van der Waals surface area contributed by atoms with Crippen molar-refractivity contribution in [3.63, 3.8) is 0 Å². The molecule has 11 heteroatoms. The van der Waals surface area contributed by atoms with Crippen molar-refractivity contribution in [2.45, 2.75) is 69.4 Å². The van der Waals surface area contributed by atoms with Gasteiger partial charge in [0.15, 0.2) is 0 Å². The van der Waals surface area contributed by atoms with Crippen LogP contribution in [0.4, 0.5) is 5.69 Å². The second kappa shape index (κ2) is 10.2. The number of anilines is 1. The van der Waals surface area contributed by atoms with Crippen LogP contribution >= 0.6 is 9.24 Å². The molecular weight excluding hydrogens is 538 g/mol. The normalized spacial score (nSPS) is 31.8. The van der Waals surface area contributed by atoms with E-state index in [4.69, 9.17) is 13.2 Å². The number of aliphatic hydroxyl groups excluding tert-OH is 2. The van der Waals surface area contributed by atoms with Gasteiger partial charge in [-0.15, -0.1) is 0 Å². The van der Waals surface area contributed by atoms with Gasteiger partial charge >= 0.3 is 219 Å². The van der Waals surface area contributed by atoms with Crippen molar-refractivity contribution in [1.82, 2.24) is 9.80 Å². The predicted molar refractivity (Wildman–Crippen MR) is 166 cm³/mol. The molecule has 1 heterocycles. The molecule has 1 saturated carbocycles. The van der Waals surface area contributed by atoms with Gasteiger partial charge in [-0.2, -0.15) is 0 Å². The average molecular weight is 579 g/mol. The van der Waals surface area contributed by atoms with Gasteiger partial charge in [0.25, 0.3) is 0 Å². The zero-order valence-corrected chi connectivity index (χ0v) is 25.9. The van der Waals surface area contributed by atoms with Gasteiger partial charge < -0.3 is 0 Å². The number of rotatable bonds is 5. The average Bonchev–Trinajstić information content (AvgIpc) is 3.17. The summed E-state index contributed by atoms with van der Waals surface area (Å²) in [7, 11) is 16.4. The van der Waals surface area contributed by atoms with Crippen LogP contribution < -0.4 is 10.6 Å². The fourth-order valence-electron chi connectivity index (χ4n) is 7.97. The SMILES string of the molecule is [B]=C1C(C(N)=O)=C(O)[C@@H](N(C)C)[C@@H]2C[C@@H]3Cc4c(c(O)cc(CN5C(C)CCC5C)c4N(C)C)C(O)=C3C(=O)[C@]12P. The molecule has 1 aliphatic heterocycles. The number of ketones is 1. The molecule has 0 bridgehead atoms. The quantitative estimate of drug-likeness (QED) is 0.308. The van der Waals surface area contributed by atoms with Crippen LogP contribution in [0.1, 0.15) is 49.8 Å². The van der Waals surface area contributed by atoms with E-state index in [9.17, 15) is 24.9 Å². The standard InChI is InChI=1S/C30H41BN4O5P/c1-13-7-8-14(2)35(13)12-16-11-19(36)21-17(23(16)33(3)4)9-15-10-18-24(34(5)6)26(38)22(29(32)40)27(31)30(18,41)28(39)20(15)25(21)37/h11,13-15,18,24,36-38H,7-10,12,41H2,1-6H3,(H2,32,40)/t13?,14?,15-,18-,24-,30+/m0/s1. The summed E-state index contributed by atoms with van der Waals surface area (Å²) in [4.78, 5) is 33.0. The van der Waals surface area contributed by atoms with E-state index in [1.54, 1.807) is 25.1 Å². The molecule has 0 spiro atoms. The number of fused-ring (bicyclic) bond motifs is 3. The van der Waals surface area contributed by atoms with Crippen LogP contribution in [-0.2, 0) is 22.6 Å². The van der Waals surface area contributed by atoms with Crippen LogP contribution in [0.25, 0.3) is 5.76 Å². The molecule has 5 rings (SSSR count). The molecule has 3 unspecified atom stereocenters. The summed E-state index contributed by atoms with van der Waals surface area (Å²) in [5, 5.41) is 32.7. The summed E-state index contributed by atoms with van der Waals surface area (Å²) in [5.41, 5.74) is 8.39. The third-order valence-corrected chi connectivity index (χ3v) is 10.9. The van der Waals surface area contributed by atoms with Crippen molar-refractivity contribution in [1.29, 1.82) is 0 Å². The number of nitrogens with zero attached hydrogens (tertiary/aromatic N) is 3. The van der Waals surface area contributed by atoms with Crippen LogP contribution in [0, 0.1) is 11.8 Å². The van der Waals surface area contributed by atoms with E-state index in [2.05, 4.69) is 28.0 Å². The Bertz CT molecular complexity index is 1410. The monoisotopic (exact) mass is 579 g/mol. The third-order valence-electron chi connectivity index (χ3n) is 9.92. The molecule has 7 atom stereocenters. The predicted octanol–water partition coefficient (Wildman–Crippen LogP) is 2.06. The van der Waals surface area contributed by atoms with Crippen molar-refractivity contribution in [2.24, 2.45) is 17.6 Å². The van der Waals surface area contributed by atoms with Crippen LogP contribution in [0.3, 0.4) is 0 Å². The number of hydrogen-bond acceptors (Lipinski definition) is 8. The Kier molecular flexibility index (Phi) is 7.45. The third kappa shape index (κ3) is 4.28. The maximum atomic E-state index is 14.4. The number of nitrogens with two attached hydrogens (primary N) is 1. The first-order valence-electron chi connectivity index (χ1n) is 14.2. The van der Waals surface area contributed by atoms with E-state index in [0.717, 1.165) is 29.7 Å². The number of benzene rings is 1. The van der Waals surface area contributed by atoms with Crippen LogP contribution in [0.15, 0.2) is 23.0 Å². The molecule has 1 radical (unpaired) electrons. The van der Waals surface area contributed by atoms with Gasteiger partial charge in [0, 0.05) is 0 Å². The van der Waals surface area contributed by atoms with Gasteiger partial charge in [0.1, 0.15) is 0 Å². The van der Waals surface area contributed by atoms with Crippen molar-refractivity contribution in [3.05, 3.63) is 39.7 Å². The van der Waals surface area contributed by atoms with Crippen molar-refractivity contribution < 1.29 is 24.9 Å². The van der Waals surface area contributed by atoms with E-state index in [1.165, 1.54) is 0 Å². The minimum atomic E-state index is -1.47. The van der Waals surface area contributed by atoms with E-state index < -0.39 is 28.8 Å². The van der Waals surface area contributed by atoms with Crippen LogP contribution in [-0.4, -0.2) is 101 Å². The zero-order chi connectivity index (χ0) is 30.3. The number of likely N-dealkylation sites (N-methyl/N-ethyl adjacent to an activating group) is 1. The summed E-state index contributed by atoms with van der Waals surface area (Å²) < 4.78 is 0. The van der Waals surface area contributed by atoms with Gasteiger partial charge in [0.05, 0.1) is 0 Å². The molecule has 0 aromatic heterocycles. The molecule has 1 amide bonds. The molecule has 9 nitrogen and oxygen atoms in total. The molecule has 41 heavy (non-hydrogen) atoms. The van der Waals surface area contributed by atoms with E-state index in [-0.39, 0.29) is 45.4 Å². The van der Waals surface area contributed by atoms with Crippen LogP contribution in [0.2, 0.25) is 0 Å². The fraction of sp³-hybridized carbons (Fsp3) is 0.567. The molecule has 1 saturated heterocycles. The summed E-state index contributed by atoms with van der Waals surface area (Å²) >= 11 is 0. The number of phenols is 1. The Morgan fingerprint density at radius 1 is 1.17 bits per heavy atom. The van der Waals surface area contributed by atoms with Crippen molar-refractivity contribution in [3.8, 4) is 5.75 Å². The minimum absolute atomic E-state index is 0.0709. The Hall–Kier alpha value is -2.68. The number of aromatic hydroxyl groups is 1. The number of hydrogen-bond donors (Lipinski definition) is 4. The molecule has 4 aliphatic rings. The topological polar surface area (TPSA) is 131 Å². The Balaban J connectivity index is 1.68. The number of likely N-dealkylation sites (tertiary alicyclic amines) is 1.